The van der Waals surface area contributed by atoms with Gasteiger partial charge in [0, 0.05) is 26.2 Å². The Morgan fingerprint density at radius 1 is 1.09 bits per heavy atom. The van der Waals surface area contributed by atoms with Gasteiger partial charge in [-0.05, 0) is 0 Å². The molecule has 0 amide bonds. The summed E-state index contributed by atoms with van der Waals surface area (Å²) in [5, 5.41) is 14.6. The van der Waals surface area contributed by atoms with E-state index in [4.69, 9.17) is 8.17 Å². The van der Waals surface area contributed by atoms with E-state index in [2.05, 4.69) is 10.6 Å². The van der Waals surface area contributed by atoms with E-state index in [1.54, 1.807) is 0 Å². The molecule has 0 radical (unpaired) electrons. The highest BCUT2D eigenvalue weighted by Gasteiger charge is 1.86. The number of aliphatic hydroxyl groups is 1. The molecule has 0 rings (SSSR count). The molecule has 0 aromatic carbocycles. The second-order valence-corrected chi connectivity index (χ2v) is 2.66. The number of halogens is 1. The topological polar surface area (TPSA) is 53.5 Å². The Kier molecular flexibility index (Phi) is 11.1. The molecular weight excluding hydrogens is 259 g/mol. The van der Waals surface area contributed by atoms with Crippen molar-refractivity contribution < 1.29 is 8.17 Å². The summed E-state index contributed by atoms with van der Waals surface area (Å²) in [5.74, 6) is 0. The molecule has 68 valence electrons. The van der Waals surface area contributed by atoms with Gasteiger partial charge < -0.3 is 18.8 Å². The Hall–Kier alpha value is 0.570. The zero-order chi connectivity index (χ0) is 8.36. The van der Waals surface area contributed by atoms with Gasteiger partial charge in [-0.3, -0.25) is 0 Å². The molecule has 0 heterocycles. The molecule has 0 saturated heterocycles. The summed E-state index contributed by atoms with van der Waals surface area (Å²) < 4.78 is 4.82. The maximum atomic E-state index is 8.40. The van der Waals surface area contributed by atoms with Crippen LogP contribution in [0.25, 0.3) is 0 Å². The van der Waals surface area contributed by atoms with Gasteiger partial charge in [-0.1, -0.05) is 0 Å². The molecular formula is C6H15IN2O2. The van der Waals surface area contributed by atoms with Gasteiger partial charge in [0.2, 0.25) is 0 Å². The largest absolute Gasteiger partial charge is 0.395 e. The second-order valence-electron chi connectivity index (χ2n) is 2.04. The van der Waals surface area contributed by atoms with Gasteiger partial charge in [-0.15, -0.1) is 0 Å². The minimum Gasteiger partial charge on any atom is -0.395 e. The van der Waals surface area contributed by atoms with Crippen LogP contribution in [0, 0.1) is 0 Å². The molecule has 0 spiro atoms. The molecule has 0 bridgehead atoms. The third-order valence-electron chi connectivity index (χ3n) is 1.12. The van der Waals surface area contributed by atoms with Crippen LogP contribution < -0.4 is 10.6 Å². The number of aliphatic hydroxyl groups excluding tert-OH is 1. The zero-order valence-electron chi connectivity index (χ0n) is 6.48. The highest BCUT2D eigenvalue weighted by atomic mass is 127. The second kappa shape index (κ2) is 10.6. The lowest BCUT2D eigenvalue weighted by atomic mass is 10.5. The van der Waals surface area contributed by atoms with Gasteiger partial charge in [0.05, 0.1) is 13.2 Å². The summed E-state index contributed by atoms with van der Waals surface area (Å²) >= 11 is 1.87. The van der Waals surface area contributed by atoms with E-state index >= 15 is 0 Å². The normalized spacial score (nSPS) is 10.4. The van der Waals surface area contributed by atoms with E-state index in [0.717, 1.165) is 26.2 Å². The zero-order valence-corrected chi connectivity index (χ0v) is 8.63. The van der Waals surface area contributed by atoms with Crippen molar-refractivity contribution in [1.82, 2.24) is 10.6 Å². The van der Waals surface area contributed by atoms with Gasteiger partial charge in [0.25, 0.3) is 0 Å². The molecule has 0 atom stereocenters. The third kappa shape index (κ3) is 10.6. The predicted octanol–water partition coefficient (Wildman–Crippen LogP) is -0.475. The van der Waals surface area contributed by atoms with Gasteiger partial charge in [0.1, 0.15) is 23.0 Å². The smallest absolute Gasteiger partial charge is 0.109 e. The average molecular weight is 274 g/mol. The van der Waals surface area contributed by atoms with Crippen molar-refractivity contribution in [2.45, 2.75) is 0 Å². The van der Waals surface area contributed by atoms with Gasteiger partial charge in [-0.2, -0.15) is 0 Å². The van der Waals surface area contributed by atoms with Crippen LogP contribution in [-0.2, 0) is 3.07 Å². The van der Waals surface area contributed by atoms with Crippen LogP contribution in [0.2, 0.25) is 0 Å². The first kappa shape index (κ1) is 11.6. The summed E-state index contributed by atoms with van der Waals surface area (Å²) in [5.41, 5.74) is 0. The summed E-state index contributed by atoms with van der Waals surface area (Å²) in [6.07, 6.45) is 0. The highest BCUT2D eigenvalue weighted by molar-refractivity contribution is 14.1. The molecule has 0 aliphatic rings. The fraction of sp³-hybridized carbons (Fsp3) is 1.00. The molecule has 0 unspecified atom stereocenters. The highest BCUT2D eigenvalue weighted by Crippen LogP contribution is 1.80. The minimum atomic E-state index is 0.205. The van der Waals surface area contributed by atoms with Crippen molar-refractivity contribution in [2.24, 2.45) is 0 Å². The van der Waals surface area contributed by atoms with Crippen molar-refractivity contribution in [3.8, 4) is 0 Å². The number of hydrogen-bond donors (Lipinski definition) is 3. The van der Waals surface area contributed by atoms with Crippen LogP contribution in [0.1, 0.15) is 0 Å². The molecule has 0 saturated carbocycles. The Morgan fingerprint density at radius 3 is 2.27 bits per heavy atom. The van der Waals surface area contributed by atoms with E-state index in [9.17, 15) is 0 Å². The van der Waals surface area contributed by atoms with Gasteiger partial charge in [0.15, 0.2) is 0 Å². The molecule has 0 fully saturated rings. The number of rotatable bonds is 8. The molecule has 11 heavy (non-hydrogen) atoms. The summed E-state index contributed by atoms with van der Waals surface area (Å²) in [4.78, 5) is 0. The standard InChI is InChI=1S/C6H15IN2O2/c7-11-6-4-9-2-1-8-3-5-10/h8-10H,1-6H2. The minimum absolute atomic E-state index is 0.205. The number of nitrogens with one attached hydrogen (secondary N) is 2. The molecule has 0 aromatic rings. The van der Waals surface area contributed by atoms with Crippen LogP contribution in [-0.4, -0.2) is 44.5 Å². The first-order valence-corrected chi connectivity index (χ1v) is 4.55. The van der Waals surface area contributed by atoms with Crippen LogP contribution in [0.4, 0.5) is 0 Å². The van der Waals surface area contributed by atoms with E-state index in [1.807, 2.05) is 23.0 Å². The van der Waals surface area contributed by atoms with Gasteiger partial charge >= 0.3 is 0 Å². The Labute approximate surface area is 81.4 Å². The SMILES string of the molecule is OCCNCCNCCOI. The Balaban J connectivity index is 2.69. The van der Waals surface area contributed by atoms with Crippen molar-refractivity contribution >= 4 is 23.0 Å². The summed E-state index contributed by atoms with van der Waals surface area (Å²) in [6.45, 7) is 4.30. The molecule has 0 aliphatic heterocycles. The predicted molar refractivity (Wildman–Crippen MR) is 52.8 cm³/mol. The van der Waals surface area contributed by atoms with E-state index in [1.165, 1.54) is 0 Å². The van der Waals surface area contributed by atoms with Crippen LogP contribution in [0.5, 0.6) is 0 Å². The fourth-order valence-corrected chi connectivity index (χ4v) is 0.837. The van der Waals surface area contributed by atoms with Crippen molar-refractivity contribution in [2.75, 3.05) is 39.4 Å². The summed E-state index contributed by atoms with van der Waals surface area (Å²) in [6, 6.07) is 0. The van der Waals surface area contributed by atoms with Crippen LogP contribution >= 0.6 is 23.0 Å². The fourth-order valence-electron chi connectivity index (χ4n) is 0.617. The first-order valence-electron chi connectivity index (χ1n) is 3.67. The van der Waals surface area contributed by atoms with E-state index < -0.39 is 0 Å². The Morgan fingerprint density at radius 2 is 1.73 bits per heavy atom. The molecule has 0 aliphatic carbocycles. The van der Waals surface area contributed by atoms with Crippen LogP contribution in [0.15, 0.2) is 0 Å². The Bertz CT molecular complexity index is 67.6. The maximum absolute atomic E-state index is 8.40. The molecule has 4 nitrogen and oxygen atoms in total. The third-order valence-corrected chi connectivity index (χ3v) is 1.56. The number of hydrogen-bond acceptors (Lipinski definition) is 4. The van der Waals surface area contributed by atoms with Crippen molar-refractivity contribution in [3.63, 3.8) is 0 Å². The monoisotopic (exact) mass is 274 g/mol. The maximum Gasteiger partial charge on any atom is 0.109 e. The lowest BCUT2D eigenvalue weighted by Gasteiger charge is -2.03. The van der Waals surface area contributed by atoms with E-state index in [0.29, 0.717) is 6.54 Å². The van der Waals surface area contributed by atoms with Gasteiger partial charge in [-0.25, -0.2) is 0 Å². The lowest BCUT2D eigenvalue weighted by Crippen LogP contribution is -2.30. The van der Waals surface area contributed by atoms with Crippen molar-refractivity contribution in [3.05, 3.63) is 0 Å². The lowest BCUT2D eigenvalue weighted by molar-refractivity contribution is 0.292. The van der Waals surface area contributed by atoms with Crippen molar-refractivity contribution in [1.29, 1.82) is 0 Å². The summed E-state index contributed by atoms with van der Waals surface area (Å²) in [7, 11) is 0. The average Bonchev–Trinajstić information content (AvgIpc) is 2.03. The molecule has 3 N–H and O–H groups in total. The van der Waals surface area contributed by atoms with E-state index in [-0.39, 0.29) is 6.61 Å². The first-order chi connectivity index (χ1) is 5.41. The molecule has 5 heteroatoms. The molecule has 0 aromatic heterocycles. The quantitative estimate of drug-likeness (QED) is 0.413. The van der Waals surface area contributed by atoms with Crippen LogP contribution in [0.3, 0.4) is 0 Å².